The molecule has 0 spiro atoms. The first kappa shape index (κ1) is 12.5. The van der Waals surface area contributed by atoms with Crippen LogP contribution in [0.2, 0.25) is 0 Å². The Morgan fingerprint density at radius 2 is 2.17 bits per heavy atom. The molecule has 1 aromatic carbocycles. The lowest BCUT2D eigenvalue weighted by Gasteiger charge is -2.05. The van der Waals surface area contributed by atoms with Crippen LogP contribution in [0.1, 0.15) is 20.9 Å². The fourth-order valence-electron chi connectivity index (χ4n) is 1.52. The molecule has 2 aromatic rings. The van der Waals surface area contributed by atoms with Crippen molar-refractivity contribution in [1.82, 2.24) is 10.3 Å². The van der Waals surface area contributed by atoms with Crippen molar-refractivity contribution in [3.05, 3.63) is 55.9 Å². The summed E-state index contributed by atoms with van der Waals surface area (Å²) < 4.78 is 13.3. The lowest BCUT2D eigenvalue weighted by atomic mass is 10.2. The number of nitrogens with one attached hydrogen (secondary N) is 2. The number of hydrogen-bond donors (Lipinski definition) is 2. The molecule has 2 N–H and O–H groups in total. The van der Waals surface area contributed by atoms with Gasteiger partial charge in [-0.2, -0.15) is 0 Å². The summed E-state index contributed by atoms with van der Waals surface area (Å²) in [5, 5.41) is 2.58. The van der Waals surface area contributed by atoms with Crippen LogP contribution in [0.25, 0.3) is 0 Å². The molecular formula is C12H11FN2O2S. The van der Waals surface area contributed by atoms with Gasteiger partial charge >= 0.3 is 4.87 Å². The topological polar surface area (TPSA) is 62.0 Å². The second-order valence-corrected chi connectivity index (χ2v) is 4.73. The van der Waals surface area contributed by atoms with Crippen molar-refractivity contribution in [3.8, 4) is 0 Å². The summed E-state index contributed by atoms with van der Waals surface area (Å²) in [4.78, 5) is 25.4. The summed E-state index contributed by atoms with van der Waals surface area (Å²) in [5.74, 6) is -0.740. The van der Waals surface area contributed by atoms with Crippen molar-refractivity contribution in [2.45, 2.75) is 13.5 Å². The molecule has 0 saturated carbocycles. The third kappa shape index (κ3) is 2.65. The minimum absolute atomic E-state index is 0.0943. The molecule has 4 nitrogen and oxygen atoms in total. The molecule has 94 valence electrons. The van der Waals surface area contributed by atoms with Gasteiger partial charge in [-0.1, -0.05) is 29.5 Å². The number of thiazole rings is 1. The molecule has 1 amide bonds. The first-order valence-corrected chi connectivity index (χ1v) is 6.11. The van der Waals surface area contributed by atoms with Gasteiger partial charge in [0.25, 0.3) is 5.91 Å². The average molecular weight is 266 g/mol. The second-order valence-electron chi connectivity index (χ2n) is 3.74. The molecule has 6 heteroatoms. The van der Waals surface area contributed by atoms with Gasteiger partial charge in [-0.3, -0.25) is 9.59 Å². The van der Waals surface area contributed by atoms with E-state index in [9.17, 15) is 14.0 Å². The van der Waals surface area contributed by atoms with Crippen LogP contribution >= 0.6 is 11.3 Å². The molecule has 1 aromatic heterocycles. The zero-order valence-corrected chi connectivity index (χ0v) is 10.4. The Kier molecular flexibility index (Phi) is 3.57. The van der Waals surface area contributed by atoms with E-state index >= 15 is 0 Å². The van der Waals surface area contributed by atoms with Crippen molar-refractivity contribution in [2.24, 2.45) is 0 Å². The monoisotopic (exact) mass is 266 g/mol. The Labute approximate surface area is 106 Å². The maximum atomic E-state index is 13.3. The molecule has 0 saturated heterocycles. The van der Waals surface area contributed by atoms with E-state index in [0.29, 0.717) is 16.1 Å². The lowest BCUT2D eigenvalue weighted by molar-refractivity contribution is 0.0954. The fourth-order valence-corrected chi connectivity index (χ4v) is 2.28. The van der Waals surface area contributed by atoms with Gasteiger partial charge < -0.3 is 10.3 Å². The largest absolute Gasteiger partial charge is 0.347 e. The molecule has 0 aliphatic carbocycles. The zero-order valence-electron chi connectivity index (χ0n) is 9.62. The van der Waals surface area contributed by atoms with Gasteiger partial charge in [-0.25, -0.2) is 4.39 Å². The minimum Gasteiger partial charge on any atom is -0.347 e. The van der Waals surface area contributed by atoms with Crippen LogP contribution < -0.4 is 10.2 Å². The van der Waals surface area contributed by atoms with Crippen molar-refractivity contribution in [2.75, 3.05) is 0 Å². The van der Waals surface area contributed by atoms with E-state index in [-0.39, 0.29) is 23.1 Å². The van der Waals surface area contributed by atoms with E-state index in [0.717, 1.165) is 11.3 Å². The van der Waals surface area contributed by atoms with Crippen molar-refractivity contribution < 1.29 is 9.18 Å². The van der Waals surface area contributed by atoms with E-state index < -0.39 is 0 Å². The Hall–Kier alpha value is -1.95. The van der Waals surface area contributed by atoms with Gasteiger partial charge in [0.15, 0.2) is 0 Å². The number of benzene rings is 1. The number of H-pyrrole nitrogens is 1. The lowest BCUT2D eigenvalue weighted by Crippen LogP contribution is -2.23. The van der Waals surface area contributed by atoms with Crippen LogP contribution in [0, 0.1) is 12.7 Å². The number of aromatic amines is 1. The predicted molar refractivity (Wildman–Crippen MR) is 67.2 cm³/mol. The van der Waals surface area contributed by atoms with Crippen LogP contribution in [0.4, 0.5) is 4.39 Å². The van der Waals surface area contributed by atoms with Crippen LogP contribution in [-0.4, -0.2) is 10.9 Å². The molecule has 0 aliphatic heterocycles. The van der Waals surface area contributed by atoms with E-state index in [2.05, 4.69) is 10.3 Å². The number of aryl methyl sites for hydroxylation is 1. The minimum atomic E-state index is -0.376. The molecular weight excluding hydrogens is 255 g/mol. The normalized spacial score (nSPS) is 10.3. The summed E-state index contributed by atoms with van der Waals surface area (Å²) in [5.41, 5.74) is 0.933. The summed E-state index contributed by atoms with van der Waals surface area (Å²) >= 11 is 0.845. The molecule has 0 bridgehead atoms. The summed E-state index contributed by atoms with van der Waals surface area (Å²) in [7, 11) is 0. The standard InChI is InChI=1S/C12H11FN2O2S/c1-7-10(18-12(17)15-7)11(16)14-6-8-4-2-3-5-9(8)13/h2-5H,6H2,1H3,(H,14,16)(H,15,17). The van der Waals surface area contributed by atoms with Crippen molar-refractivity contribution in [1.29, 1.82) is 0 Å². The molecule has 0 unspecified atom stereocenters. The summed E-state index contributed by atoms with van der Waals surface area (Å²) in [6.45, 7) is 1.74. The Morgan fingerprint density at radius 1 is 1.44 bits per heavy atom. The highest BCUT2D eigenvalue weighted by atomic mass is 32.1. The van der Waals surface area contributed by atoms with E-state index in [1.54, 1.807) is 25.1 Å². The number of halogens is 1. The fraction of sp³-hybridized carbons (Fsp3) is 0.167. The van der Waals surface area contributed by atoms with Gasteiger partial charge in [0, 0.05) is 17.8 Å². The molecule has 0 aliphatic rings. The van der Waals surface area contributed by atoms with Crippen molar-refractivity contribution in [3.63, 3.8) is 0 Å². The average Bonchev–Trinajstić information content (AvgIpc) is 2.67. The first-order chi connectivity index (χ1) is 8.58. The number of rotatable bonds is 3. The van der Waals surface area contributed by atoms with Crippen LogP contribution in [0.3, 0.4) is 0 Å². The van der Waals surface area contributed by atoms with Crippen LogP contribution in [0.5, 0.6) is 0 Å². The van der Waals surface area contributed by atoms with Gasteiger partial charge in [0.1, 0.15) is 10.7 Å². The number of carbonyl (C=O) groups excluding carboxylic acids is 1. The Balaban J connectivity index is 2.07. The molecule has 2 rings (SSSR count). The zero-order chi connectivity index (χ0) is 13.1. The number of aromatic nitrogens is 1. The maximum absolute atomic E-state index is 13.3. The third-order valence-electron chi connectivity index (χ3n) is 2.43. The Morgan fingerprint density at radius 3 is 2.78 bits per heavy atom. The number of carbonyl (C=O) groups is 1. The molecule has 18 heavy (non-hydrogen) atoms. The molecule has 0 fully saturated rings. The van der Waals surface area contributed by atoms with Gasteiger partial charge in [0.05, 0.1) is 0 Å². The highest BCUT2D eigenvalue weighted by Crippen LogP contribution is 2.09. The number of hydrogen-bond acceptors (Lipinski definition) is 3. The SMILES string of the molecule is Cc1[nH]c(=O)sc1C(=O)NCc1ccccc1F. The van der Waals surface area contributed by atoms with Crippen LogP contribution in [-0.2, 0) is 6.54 Å². The summed E-state index contributed by atoms with van der Waals surface area (Å²) in [6.07, 6.45) is 0. The summed E-state index contributed by atoms with van der Waals surface area (Å²) in [6, 6.07) is 6.22. The first-order valence-electron chi connectivity index (χ1n) is 5.29. The predicted octanol–water partition coefficient (Wildman–Crippen LogP) is 1.81. The van der Waals surface area contributed by atoms with Crippen molar-refractivity contribution >= 4 is 17.2 Å². The molecule has 0 atom stereocenters. The van der Waals surface area contributed by atoms with Gasteiger partial charge in [0.2, 0.25) is 0 Å². The van der Waals surface area contributed by atoms with Crippen LogP contribution in [0.15, 0.2) is 29.1 Å². The smallest absolute Gasteiger partial charge is 0.305 e. The van der Waals surface area contributed by atoms with E-state index in [1.807, 2.05) is 0 Å². The molecule has 0 radical (unpaired) electrons. The van der Waals surface area contributed by atoms with E-state index in [4.69, 9.17) is 0 Å². The highest BCUT2D eigenvalue weighted by molar-refractivity contribution is 7.11. The van der Waals surface area contributed by atoms with Gasteiger partial charge in [-0.05, 0) is 13.0 Å². The number of amides is 1. The maximum Gasteiger partial charge on any atom is 0.305 e. The van der Waals surface area contributed by atoms with E-state index in [1.165, 1.54) is 6.07 Å². The third-order valence-corrected chi connectivity index (χ3v) is 3.41. The second kappa shape index (κ2) is 5.14. The highest BCUT2D eigenvalue weighted by Gasteiger charge is 2.13. The quantitative estimate of drug-likeness (QED) is 0.890. The Bertz CT molecular complexity index is 633. The molecule has 1 heterocycles. The van der Waals surface area contributed by atoms with Gasteiger partial charge in [-0.15, -0.1) is 0 Å².